The first-order valence-electron chi connectivity index (χ1n) is 12.6. The van der Waals surface area contributed by atoms with Crippen LogP contribution in [0.2, 0.25) is 0 Å². The van der Waals surface area contributed by atoms with E-state index < -0.39 is 72.5 Å². The fourth-order valence-electron chi connectivity index (χ4n) is 3.56. The molecule has 4 atom stereocenters. The SMILES string of the molecule is CC[C@H](C)[C@H](NC(=O)OCc1ccc(C(=O)O)cc1)C(=O)N[C@@H](CC(C)C)C(=O)N[C@@H](CC(F)F)C(=O)C(=O)O. The maximum absolute atomic E-state index is 13.2. The summed E-state index contributed by atoms with van der Waals surface area (Å²) in [5.74, 6) is -7.17. The minimum Gasteiger partial charge on any atom is -0.478 e. The molecule has 0 fully saturated rings. The molecular formula is C26H35F2N3O9. The second kappa shape index (κ2) is 16.1. The average Bonchev–Trinajstić information content (AvgIpc) is 2.88. The molecule has 0 aliphatic carbocycles. The van der Waals surface area contributed by atoms with Gasteiger partial charge < -0.3 is 30.9 Å². The van der Waals surface area contributed by atoms with E-state index >= 15 is 0 Å². The first-order chi connectivity index (χ1) is 18.7. The van der Waals surface area contributed by atoms with Gasteiger partial charge in [-0.25, -0.2) is 23.2 Å². The Morgan fingerprint density at radius 1 is 0.850 bits per heavy atom. The quantitative estimate of drug-likeness (QED) is 0.186. The van der Waals surface area contributed by atoms with Crippen LogP contribution in [-0.4, -0.2) is 70.4 Å². The van der Waals surface area contributed by atoms with Gasteiger partial charge in [0.25, 0.3) is 5.78 Å². The molecule has 0 spiro atoms. The Morgan fingerprint density at radius 3 is 1.90 bits per heavy atom. The molecule has 0 aromatic heterocycles. The Hall–Kier alpha value is -4.10. The molecule has 0 saturated carbocycles. The summed E-state index contributed by atoms with van der Waals surface area (Å²) < 4.78 is 31.0. The van der Waals surface area contributed by atoms with Crippen molar-refractivity contribution in [3.05, 3.63) is 35.4 Å². The van der Waals surface area contributed by atoms with Crippen molar-refractivity contribution < 1.29 is 52.5 Å². The van der Waals surface area contributed by atoms with Crippen LogP contribution >= 0.6 is 0 Å². The number of hydrogen-bond donors (Lipinski definition) is 5. The molecule has 0 aliphatic rings. The smallest absolute Gasteiger partial charge is 0.408 e. The van der Waals surface area contributed by atoms with Gasteiger partial charge in [0.05, 0.1) is 5.56 Å². The number of benzene rings is 1. The second-order valence-corrected chi connectivity index (χ2v) is 9.63. The van der Waals surface area contributed by atoms with Gasteiger partial charge >= 0.3 is 18.0 Å². The third-order valence-corrected chi connectivity index (χ3v) is 5.94. The van der Waals surface area contributed by atoms with Crippen molar-refractivity contribution in [3.63, 3.8) is 0 Å². The van der Waals surface area contributed by atoms with Crippen LogP contribution in [0, 0.1) is 11.8 Å². The zero-order valence-corrected chi connectivity index (χ0v) is 22.6. The van der Waals surface area contributed by atoms with Crippen molar-refractivity contribution in [2.45, 2.75) is 78.1 Å². The van der Waals surface area contributed by atoms with Gasteiger partial charge in [-0.3, -0.25) is 14.4 Å². The molecule has 0 unspecified atom stereocenters. The molecule has 0 radical (unpaired) electrons. The highest BCUT2D eigenvalue weighted by Crippen LogP contribution is 2.13. The van der Waals surface area contributed by atoms with Gasteiger partial charge in [-0.15, -0.1) is 0 Å². The fourth-order valence-corrected chi connectivity index (χ4v) is 3.56. The molecule has 1 aromatic carbocycles. The van der Waals surface area contributed by atoms with Crippen LogP contribution in [0.4, 0.5) is 13.6 Å². The number of aromatic carboxylic acids is 1. The van der Waals surface area contributed by atoms with Crippen molar-refractivity contribution in [1.82, 2.24) is 16.0 Å². The lowest BCUT2D eigenvalue weighted by Crippen LogP contribution is -2.58. The number of halogens is 2. The van der Waals surface area contributed by atoms with Crippen LogP contribution < -0.4 is 16.0 Å². The molecule has 5 N–H and O–H groups in total. The molecule has 1 aromatic rings. The Kier molecular flexibility index (Phi) is 13.7. The van der Waals surface area contributed by atoms with E-state index in [2.05, 4.69) is 10.6 Å². The van der Waals surface area contributed by atoms with Gasteiger partial charge in [0.15, 0.2) is 0 Å². The van der Waals surface area contributed by atoms with Crippen molar-refractivity contribution in [1.29, 1.82) is 0 Å². The topological polar surface area (TPSA) is 188 Å². The van der Waals surface area contributed by atoms with Crippen molar-refractivity contribution in [3.8, 4) is 0 Å². The monoisotopic (exact) mass is 571 g/mol. The Labute approximate surface area is 229 Å². The zero-order valence-electron chi connectivity index (χ0n) is 22.6. The van der Waals surface area contributed by atoms with E-state index in [0.29, 0.717) is 12.0 Å². The van der Waals surface area contributed by atoms with E-state index in [0.717, 1.165) is 0 Å². The van der Waals surface area contributed by atoms with E-state index in [4.69, 9.17) is 14.9 Å². The lowest BCUT2D eigenvalue weighted by atomic mass is 9.96. The van der Waals surface area contributed by atoms with E-state index in [1.165, 1.54) is 24.3 Å². The number of ketones is 1. The summed E-state index contributed by atoms with van der Waals surface area (Å²) in [5.41, 5.74) is 0.544. The van der Waals surface area contributed by atoms with Crippen LogP contribution in [0.1, 0.15) is 62.9 Å². The van der Waals surface area contributed by atoms with E-state index in [1.807, 2.05) is 5.32 Å². The van der Waals surface area contributed by atoms with Crippen LogP contribution in [-0.2, 0) is 30.5 Å². The number of carbonyl (C=O) groups is 6. The summed E-state index contributed by atoms with van der Waals surface area (Å²) in [5, 5.41) is 24.8. The highest BCUT2D eigenvalue weighted by molar-refractivity contribution is 6.35. The Bertz CT molecular complexity index is 1060. The summed E-state index contributed by atoms with van der Waals surface area (Å²) in [4.78, 5) is 72.3. The molecule has 0 heterocycles. The molecule has 0 aliphatic heterocycles. The van der Waals surface area contributed by atoms with Crippen LogP contribution in [0.5, 0.6) is 0 Å². The number of rotatable bonds is 16. The number of amides is 3. The standard InChI is InChI=1S/C26H35F2N3O9/c1-5-14(4)20(31-26(39)40-12-15-6-8-16(9-7-15)24(35)36)23(34)30-18(10-13(2)3)22(33)29-17(11-19(27)28)21(32)25(37)38/h6-9,13-14,17-20H,5,10-12H2,1-4H3,(H,29,33)(H,30,34)(H,31,39)(H,35,36)(H,37,38)/t14-,17-,18-,20-/m0/s1. The summed E-state index contributed by atoms with van der Waals surface area (Å²) >= 11 is 0. The van der Waals surface area contributed by atoms with Crippen molar-refractivity contribution >= 4 is 35.6 Å². The molecule has 1 rings (SSSR count). The number of Topliss-reactive ketones (excluding diaryl/α,β-unsaturated/α-hetero) is 1. The Balaban J connectivity index is 2.98. The lowest BCUT2D eigenvalue weighted by molar-refractivity contribution is -0.151. The molecule has 14 heteroatoms. The van der Waals surface area contributed by atoms with Crippen LogP contribution in [0.25, 0.3) is 0 Å². The first kappa shape index (κ1) is 33.9. The maximum atomic E-state index is 13.2. The second-order valence-electron chi connectivity index (χ2n) is 9.63. The van der Waals surface area contributed by atoms with Gasteiger partial charge in [0.1, 0.15) is 24.7 Å². The number of carbonyl (C=O) groups excluding carboxylic acids is 4. The van der Waals surface area contributed by atoms with E-state index in [1.54, 1.807) is 27.7 Å². The lowest BCUT2D eigenvalue weighted by Gasteiger charge is -2.27. The minimum atomic E-state index is -3.08. The molecule has 12 nitrogen and oxygen atoms in total. The highest BCUT2D eigenvalue weighted by atomic mass is 19.3. The predicted octanol–water partition coefficient (Wildman–Crippen LogP) is 2.35. The van der Waals surface area contributed by atoms with Crippen molar-refractivity contribution in [2.24, 2.45) is 11.8 Å². The molecule has 0 bridgehead atoms. The number of carboxylic acid groups (broad SMARTS) is 2. The average molecular weight is 572 g/mol. The van der Waals surface area contributed by atoms with E-state index in [9.17, 15) is 37.5 Å². The maximum Gasteiger partial charge on any atom is 0.408 e. The zero-order chi connectivity index (χ0) is 30.6. The number of carboxylic acids is 2. The van der Waals surface area contributed by atoms with Crippen molar-refractivity contribution in [2.75, 3.05) is 0 Å². The third-order valence-electron chi connectivity index (χ3n) is 5.94. The minimum absolute atomic E-state index is 0.0181. The molecule has 222 valence electrons. The normalized spacial score (nSPS) is 14.0. The number of ether oxygens (including phenoxy) is 1. The number of nitrogens with one attached hydrogen (secondary N) is 3. The molecular weight excluding hydrogens is 536 g/mol. The third kappa shape index (κ3) is 11.3. The van der Waals surface area contributed by atoms with Gasteiger partial charge in [-0.2, -0.15) is 0 Å². The molecule has 40 heavy (non-hydrogen) atoms. The highest BCUT2D eigenvalue weighted by Gasteiger charge is 2.34. The predicted molar refractivity (Wildman–Crippen MR) is 137 cm³/mol. The van der Waals surface area contributed by atoms with Gasteiger partial charge in [0.2, 0.25) is 18.2 Å². The summed E-state index contributed by atoms with van der Waals surface area (Å²) in [7, 11) is 0. The largest absolute Gasteiger partial charge is 0.478 e. The number of alkyl halides is 2. The summed E-state index contributed by atoms with van der Waals surface area (Å²) in [6.45, 7) is 6.64. The Morgan fingerprint density at radius 2 is 1.43 bits per heavy atom. The van der Waals surface area contributed by atoms with Gasteiger partial charge in [-0.05, 0) is 36.0 Å². The van der Waals surface area contributed by atoms with Gasteiger partial charge in [-0.1, -0.05) is 46.2 Å². The fraction of sp³-hybridized carbons (Fsp3) is 0.538. The first-order valence-corrected chi connectivity index (χ1v) is 12.6. The number of aliphatic carboxylic acids is 1. The number of hydrogen-bond acceptors (Lipinski definition) is 7. The number of alkyl carbamates (subject to hydrolysis) is 1. The summed E-state index contributed by atoms with van der Waals surface area (Å²) in [6, 6.07) is 1.09. The molecule has 0 saturated heterocycles. The summed E-state index contributed by atoms with van der Waals surface area (Å²) in [6.07, 6.45) is -4.81. The van der Waals surface area contributed by atoms with E-state index in [-0.39, 0.29) is 24.5 Å². The molecule has 3 amide bonds. The van der Waals surface area contributed by atoms with Crippen LogP contribution in [0.3, 0.4) is 0 Å². The van der Waals surface area contributed by atoms with Gasteiger partial charge in [0, 0.05) is 6.42 Å². The van der Waals surface area contributed by atoms with Crippen LogP contribution in [0.15, 0.2) is 24.3 Å².